The molecule has 1 aliphatic carbocycles. The molecule has 0 aromatic rings. The molecule has 3 N–H and O–H groups in total. The molecule has 0 unspecified atom stereocenters. The number of nitrogens with one attached hydrogen (secondary N) is 1. The van der Waals surface area contributed by atoms with Gasteiger partial charge in [-0.2, -0.15) is 0 Å². The Balaban J connectivity index is 2.41. The van der Waals surface area contributed by atoms with Crippen LogP contribution in [-0.4, -0.2) is 56.7 Å². The number of carbonyl (C=O) groups excluding carboxylic acids is 1. The molecule has 0 radical (unpaired) electrons. The van der Waals surface area contributed by atoms with Crippen LogP contribution in [0.15, 0.2) is 0 Å². The van der Waals surface area contributed by atoms with Crippen molar-refractivity contribution in [3.63, 3.8) is 0 Å². The van der Waals surface area contributed by atoms with Gasteiger partial charge in [0.15, 0.2) is 0 Å². The van der Waals surface area contributed by atoms with E-state index in [1.807, 2.05) is 7.05 Å². The molecule has 18 heavy (non-hydrogen) atoms. The molecule has 0 aromatic carbocycles. The number of methoxy groups -OCH3 is 1. The maximum absolute atomic E-state index is 11.8. The van der Waals surface area contributed by atoms with Crippen LogP contribution >= 0.6 is 0 Å². The summed E-state index contributed by atoms with van der Waals surface area (Å²) in [6, 6.07) is 0. The zero-order chi connectivity index (χ0) is 13.4. The maximum atomic E-state index is 11.8. The lowest BCUT2D eigenvalue weighted by molar-refractivity contribution is -0.123. The lowest BCUT2D eigenvalue weighted by atomic mass is 9.80. The van der Waals surface area contributed by atoms with Crippen molar-refractivity contribution >= 4 is 5.91 Å². The predicted molar refractivity (Wildman–Crippen MR) is 72.4 cm³/mol. The number of hydrogen-bond donors (Lipinski definition) is 2. The van der Waals surface area contributed by atoms with Crippen LogP contribution in [-0.2, 0) is 9.53 Å². The molecular formula is C13H27N3O2. The molecule has 1 aliphatic rings. The molecule has 1 saturated carbocycles. The van der Waals surface area contributed by atoms with Gasteiger partial charge in [0.1, 0.15) is 0 Å². The minimum Gasteiger partial charge on any atom is -0.383 e. The van der Waals surface area contributed by atoms with Crippen LogP contribution in [0.5, 0.6) is 0 Å². The third-order valence-corrected chi connectivity index (χ3v) is 3.98. The molecule has 1 amide bonds. The fourth-order valence-corrected chi connectivity index (χ4v) is 2.68. The Morgan fingerprint density at radius 3 is 2.61 bits per heavy atom. The summed E-state index contributed by atoms with van der Waals surface area (Å²) in [7, 11) is 3.64. The van der Waals surface area contributed by atoms with Gasteiger partial charge in [-0.25, -0.2) is 0 Å². The summed E-state index contributed by atoms with van der Waals surface area (Å²) in [5.41, 5.74) is 5.97. The summed E-state index contributed by atoms with van der Waals surface area (Å²) in [6.45, 7) is 2.17. The number of rotatable bonds is 7. The van der Waals surface area contributed by atoms with Crippen LogP contribution in [0.4, 0.5) is 0 Å². The van der Waals surface area contributed by atoms with Gasteiger partial charge in [-0.05, 0) is 19.9 Å². The van der Waals surface area contributed by atoms with Gasteiger partial charge < -0.3 is 15.8 Å². The van der Waals surface area contributed by atoms with Crippen LogP contribution in [0.3, 0.4) is 0 Å². The highest BCUT2D eigenvalue weighted by molar-refractivity contribution is 5.78. The van der Waals surface area contributed by atoms with Crippen LogP contribution in [0.25, 0.3) is 0 Å². The first-order valence-corrected chi connectivity index (χ1v) is 6.81. The zero-order valence-corrected chi connectivity index (χ0v) is 11.7. The largest absolute Gasteiger partial charge is 0.383 e. The monoisotopic (exact) mass is 257 g/mol. The number of carbonyl (C=O) groups is 1. The van der Waals surface area contributed by atoms with E-state index < -0.39 is 0 Å². The van der Waals surface area contributed by atoms with Crippen molar-refractivity contribution in [2.45, 2.75) is 37.6 Å². The Hall–Kier alpha value is -0.650. The molecule has 5 heteroatoms. The van der Waals surface area contributed by atoms with E-state index in [2.05, 4.69) is 10.2 Å². The second-order valence-corrected chi connectivity index (χ2v) is 5.19. The molecule has 0 aromatic heterocycles. The first-order valence-electron chi connectivity index (χ1n) is 6.81. The van der Waals surface area contributed by atoms with Crippen LogP contribution in [0, 0.1) is 0 Å². The number of nitrogens with zero attached hydrogens (tertiary/aromatic N) is 1. The van der Waals surface area contributed by atoms with Crippen LogP contribution in [0.1, 0.15) is 32.1 Å². The third kappa shape index (κ3) is 4.23. The lowest BCUT2D eigenvalue weighted by Crippen LogP contribution is -2.55. The minimum absolute atomic E-state index is 0.0246. The van der Waals surface area contributed by atoms with E-state index >= 15 is 0 Å². The Morgan fingerprint density at radius 2 is 2.06 bits per heavy atom. The van der Waals surface area contributed by atoms with Crippen molar-refractivity contribution < 1.29 is 9.53 Å². The summed E-state index contributed by atoms with van der Waals surface area (Å²) >= 11 is 0. The maximum Gasteiger partial charge on any atom is 0.234 e. The fraction of sp³-hybridized carbons (Fsp3) is 0.923. The quantitative estimate of drug-likeness (QED) is 0.646. The summed E-state index contributed by atoms with van der Waals surface area (Å²) in [5, 5.41) is 2.85. The van der Waals surface area contributed by atoms with E-state index in [4.69, 9.17) is 10.5 Å². The average Bonchev–Trinajstić information content (AvgIpc) is 2.39. The molecule has 106 valence electrons. The van der Waals surface area contributed by atoms with Crippen molar-refractivity contribution in [1.29, 1.82) is 0 Å². The Kier molecular flexibility index (Phi) is 6.60. The molecule has 5 nitrogen and oxygen atoms in total. The van der Waals surface area contributed by atoms with Crippen LogP contribution < -0.4 is 11.1 Å². The number of amides is 1. The SMILES string of the molecule is COCCNC(=O)CN(C)C1(CN)CCCCC1. The Bertz CT molecular complexity index is 253. The van der Waals surface area contributed by atoms with Crippen molar-refractivity contribution in [2.75, 3.05) is 40.4 Å². The van der Waals surface area contributed by atoms with E-state index in [1.54, 1.807) is 7.11 Å². The number of likely N-dealkylation sites (N-methyl/N-ethyl adjacent to an activating group) is 1. The van der Waals surface area contributed by atoms with Gasteiger partial charge in [0.2, 0.25) is 5.91 Å². The molecule has 0 aliphatic heterocycles. The van der Waals surface area contributed by atoms with Gasteiger partial charge in [0.25, 0.3) is 0 Å². The first-order chi connectivity index (χ1) is 8.64. The zero-order valence-electron chi connectivity index (χ0n) is 11.7. The number of ether oxygens (including phenoxy) is 1. The van der Waals surface area contributed by atoms with Crippen molar-refractivity contribution in [3.05, 3.63) is 0 Å². The summed E-state index contributed by atoms with van der Waals surface area (Å²) in [4.78, 5) is 13.9. The normalized spacial score (nSPS) is 18.9. The highest BCUT2D eigenvalue weighted by Crippen LogP contribution is 2.31. The number of hydrogen-bond acceptors (Lipinski definition) is 4. The minimum atomic E-state index is 0.0246. The summed E-state index contributed by atoms with van der Waals surface area (Å²) in [6.07, 6.45) is 5.92. The smallest absolute Gasteiger partial charge is 0.234 e. The van der Waals surface area contributed by atoms with Crippen molar-refractivity contribution in [1.82, 2.24) is 10.2 Å². The highest BCUT2D eigenvalue weighted by Gasteiger charge is 2.35. The van der Waals surface area contributed by atoms with Crippen LogP contribution in [0.2, 0.25) is 0 Å². The summed E-state index contributed by atoms with van der Waals surface area (Å²) in [5.74, 6) is 0.0490. The van der Waals surface area contributed by atoms with Gasteiger partial charge in [-0.15, -0.1) is 0 Å². The molecular weight excluding hydrogens is 230 g/mol. The second-order valence-electron chi connectivity index (χ2n) is 5.19. The van der Waals surface area contributed by atoms with E-state index in [0.29, 0.717) is 26.2 Å². The molecule has 1 fully saturated rings. The van der Waals surface area contributed by atoms with Gasteiger partial charge >= 0.3 is 0 Å². The van der Waals surface area contributed by atoms with E-state index in [0.717, 1.165) is 12.8 Å². The lowest BCUT2D eigenvalue weighted by Gasteiger charge is -2.43. The van der Waals surface area contributed by atoms with E-state index in [1.165, 1.54) is 19.3 Å². The topological polar surface area (TPSA) is 67.6 Å². The highest BCUT2D eigenvalue weighted by atomic mass is 16.5. The number of nitrogens with two attached hydrogens (primary N) is 1. The molecule has 0 atom stereocenters. The first kappa shape index (κ1) is 15.4. The Labute approximate surface area is 110 Å². The van der Waals surface area contributed by atoms with E-state index in [-0.39, 0.29) is 11.4 Å². The standard InChI is InChI=1S/C13H27N3O2/c1-16(10-12(17)15-8-9-18-2)13(11-14)6-4-3-5-7-13/h3-11,14H2,1-2H3,(H,15,17). The molecule has 0 heterocycles. The second kappa shape index (κ2) is 7.71. The third-order valence-electron chi connectivity index (χ3n) is 3.98. The predicted octanol–water partition coefficient (Wildman–Crippen LogP) is 0.342. The average molecular weight is 257 g/mol. The summed E-state index contributed by atoms with van der Waals surface area (Å²) < 4.78 is 4.91. The molecule has 0 saturated heterocycles. The van der Waals surface area contributed by atoms with Crippen molar-refractivity contribution in [3.8, 4) is 0 Å². The van der Waals surface area contributed by atoms with Gasteiger partial charge in [-0.1, -0.05) is 19.3 Å². The molecule has 0 bridgehead atoms. The fourth-order valence-electron chi connectivity index (χ4n) is 2.68. The molecule has 1 rings (SSSR count). The van der Waals surface area contributed by atoms with Gasteiger partial charge in [-0.3, -0.25) is 9.69 Å². The van der Waals surface area contributed by atoms with E-state index in [9.17, 15) is 4.79 Å². The van der Waals surface area contributed by atoms with Gasteiger partial charge in [0.05, 0.1) is 13.2 Å². The van der Waals surface area contributed by atoms with Crippen molar-refractivity contribution in [2.24, 2.45) is 5.73 Å². The van der Waals surface area contributed by atoms with Gasteiger partial charge in [0, 0.05) is 25.7 Å². The molecule has 0 spiro atoms. The Morgan fingerprint density at radius 1 is 1.39 bits per heavy atom.